The Morgan fingerprint density at radius 3 is 2.39 bits per heavy atom. The fourth-order valence-electron chi connectivity index (χ4n) is 2.12. The van der Waals surface area contributed by atoms with Crippen molar-refractivity contribution in [2.45, 2.75) is 84.1 Å². The largest absolute Gasteiger partial charge is 0.481 e. The maximum absolute atomic E-state index is 10.4. The van der Waals surface area contributed by atoms with Crippen LogP contribution < -0.4 is 5.32 Å². The molecule has 1 atom stereocenters. The summed E-state index contributed by atoms with van der Waals surface area (Å²) < 4.78 is 0. The molecule has 0 amide bonds. The monoisotopic (exact) mass is 257 g/mol. The van der Waals surface area contributed by atoms with Crippen molar-refractivity contribution >= 4 is 5.97 Å². The van der Waals surface area contributed by atoms with Crippen molar-refractivity contribution in [3.8, 4) is 0 Å². The maximum atomic E-state index is 10.4. The number of rotatable bonds is 12. The quantitative estimate of drug-likeness (QED) is 0.520. The van der Waals surface area contributed by atoms with Crippen LogP contribution in [0.2, 0.25) is 0 Å². The zero-order valence-electron chi connectivity index (χ0n) is 12.4. The molecule has 0 fully saturated rings. The molecular formula is C15H31NO2. The third-order valence-electron chi connectivity index (χ3n) is 3.73. The van der Waals surface area contributed by atoms with Crippen LogP contribution >= 0.6 is 0 Å². The van der Waals surface area contributed by atoms with Gasteiger partial charge in [0.2, 0.25) is 0 Å². The first kappa shape index (κ1) is 17.4. The Labute approximate surface area is 112 Å². The van der Waals surface area contributed by atoms with Crippen LogP contribution in [0.4, 0.5) is 0 Å². The van der Waals surface area contributed by atoms with Crippen molar-refractivity contribution in [3.05, 3.63) is 0 Å². The standard InChI is InChI=1S/C15H31NO2/c1-4-6-9-12-15(3,5-2)16-13-10-7-8-11-14(17)18/h16H,4-13H2,1-3H3,(H,17,18). The molecule has 3 heteroatoms. The van der Waals surface area contributed by atoms with E-state index in [0.717, 1.165) is 32.2 Å². The van der Waals surface area contributed by atoms with Crippen LogP contribution in [-0.4, -0.2) is 23.2 Å². The predicted octanol–water partition coefficient (Wildman–Crippen LogP) is 3.97. The highest BCUT2D eigenvalue weighted by Crippen LogP contribution is 2.18. The van der Waals surface area contributed by atoms with Gasteiger partial charge in [-0.15, -0.1) is 0 Å². The first-order chi connectivity index (χ1) is 8.54. The summed E-state index contributed by atoms with van der Waals surface area (Å²) in [7, 11) is 0. The van der Waals surface area contributed by atoms with E-state index in [-0.39, 0.29) is 5.54 Å². The highest BCUT2D eigenvalue weighted by molar-refractivity contribution is 5.66. The van der Waals surface area contributed by atoms with Gasteiger partial charge in [-0.3, -0.25) is 4.79 Å². The van der Waals surface area contributed by atoms with Crippen LogP contribution in [0, 0.1) is 0 Å². The van der Waals surface area contributed by atoms with Crippen molar-refractivity contribution in [1.29, 1.82) is 0 Å². The molecule has 0 aromatic heterocycles. The van der Waals surface area contributed by atoms with Crippen molar-refractivity contribution < 1.29 is 9.90 Å². The lowest BCUT2D eigenvalue weighted by Gasteiger charge is -2.30. The molecule has 0 saturated carbocycles. The van der Waals surface area contributed by atoms with Gasteiger partial charge in [0, 0.05) is 12.0 Å². The normalized spacial score (nSPS) is 14.4. The predicted molar refractivity (Wildman–Crippen MR) is 76.9 cm³/mol. The first-order valence-corrected chi connectivity index (χ1v) is 7.51. The minimum Gasteiger partial charge on any atom is -0.481 e. The molecule has 0 aliphatic heterocycles. The first-order valence-electron chi connectivity index (χ1n) is 7.51. The Kier molecular flexibility index (Phi) is 10.0. The van der Waals surface area contributed by atoms with Gasteiger partial charge < -0.3 is 10.4 Å². The van der Waals surface area contributed by atoms with Crippen LogP contribution in [0.1, 0.15) is 78.6 Å². The number of hydrogen-bond acceptors (Lipinski definition) is 2. The molecular weight excluding hydrogens is 226 g/mol. The molecule has 0 rings (SSSR count). The Morgan fingerprint density at radius 2 is 1.83 bits per heavy atom. The molecule has 0 aromatic rings. The van der Waals surface area contributed by atoms with Gasteiger partial charge >= 0.3 is 5.97 Å². The van der Waals surface area contributed by atoms with Crippen LogP contribution in [-0.2, 0) is 4.79 Å². The minimum absolute atomic E-state index is 0.266. The van der Waals surface area contributed by atoms with Crippen molar-refractivity contribution in [3.63, 3.8) is 0 Å². The van der Waals surface area contributed by atoms with Crippen LogP contribution in [0.25, 0.3) is 0 Å². The number of hydrogen-bond donors (Lipinski definition) is 2. The summed E-state index contributed by atoms with van der Waals surface area (Å²) in [6.07, 6.45) is 9.48. The van der Waals surface area contributed by atoms with E-state index in [1.807, 2.05) is 0 Å². The van der Waals surface area contributed by atoms with E-state index < -0.39 is 5.97 Å². The molecule has 0 aromatic carbocycles. The number of aliphatic carboxylic acids is 1. The van der Waals surface area contributed by atoms with Gasteiger partial charge in [-0.05, 0) is 39.2 Å². The van der Waals surface area contributed by atoms with E-state index in [0.29, 0.717) is 6.42 Å². The van der Waals surface area contributed by atoms with Gasteiger partial charge in [0.1, 0.15) is 0 Å². The second-order valence-corrected chi connectivity index (χ2v) is 5.50. The molecule has 0 aliphatic rings. The molecule has 18 heavy (non-hydrogen) atoms. The number of unbranched alkanes of at least 4 members (excludes halogenated alkanes) is 4. The van der Waals surface area contributed by atoms with E-state index in [9.17, 15) is 4.79 Å². The van der Waals surface area contributed by atoms with Crippen molar-refractivity contribution in [2.24, 2.45) is 0 Å². The SMILES string of the molecule is CCCCCC(C)(CC)NCCCCCC(=O)O. The highest BCUT2D eigenvalue weighted by Gasteiger charge is 2.19. The molecule has 2 N–H and O–H groups in total. The summed E-state index contributed by atoms with van der Waals surface area (Å²) in [5.41, 5.74) is 0.266. The lowest BCUT2D eigenvalue weighted by Crippen LogP contribution is -2.42. The second-order valence-electron chi connectivity index (χ2n) is 5.50. The van der Waals surface area contributed by atoms with Gasteiger partial charge in [-0.1, -0.05) is 39.5 Å². The molecule has 0 saturated heterocycles. The molecule has 0 bridgehead atoms. The van der Waals surface area contributed by atoms with Crippen LogP contribution in [0.5, 0.6) is 0 Å². The average Bonchev–Trinajstić information content (AvgIpc) is 2.33. The average molecular weight is 257 g/mol. The lowest BCUT2D eigenvalue weighted by molar-refractivity contribution is -0.137. The molecule has 0 spiro atoms. The van der Waals surface area contributed by atoms with Gasteiger partial charge in [-0.2, -0.15) is 0 Å². The molecule has 0 aliphatic carbocycles. The molecule has 1 unspecified atom stereocenters. The summed E-state index contributed by atoms with van der Waals surface area (Å²) in [5, 5.41) is 12.2. The molecule has 0 heterocycles. The Balaban J connectivity index is 3.62. The van der Waals surface area contributed by atoms with Gasteiger partial charge in [-0.25, -0.2) is 0 Å². The Hall–Kier alpha value is -0.570. The van der Waals surface area contributed by atoms with Gasteiger partial charge in [0.05, 0.1) is 0 Å². The van der Waals surface area contributed by atoms with Crippen molar-refractivity contribution in [1.82, 2.24) is 5.32 Å². The topological polar surface area (TPSA) is 49.3 Å². The van der Waals surface area contributed by atoms with E-state index >= 15 is 0 Å². The summed E-state index contributed by atoms with van der Waals surface area (Å²) in [4.78, 5) is 10.4. The van der Waals surface area contributed by atoms with Crippen LogP contribution in [0.15, 0.2) is 0 Å². The van der Waals surface area contributed by atoms with E-state index in [1.54, 1.807) is 0 Å². The molecule has 108 valence electrons. The van der Waals surface area contributed by atoms with E-state index in [2.05, 4.69) is 26.1 Å². The Morgan fingerprint density at radius 1 is 1.11 bits per heavy atom. The number of carboxylic acid groups (broad SMARTS) is 1. The summed E-state index contributed by atoms with van der Waals surface area (Å²) in [6.45, 7) is 7.79. The van der Waals surface area contributed by atoms with E-state index in [1.165, 1.54) is 25.7 Å². The molecule has 0 radical (unpaired) electrons. The van der Waals surface area contributed by atoms with Gasteiger partial charge in [0.15, 0.2) is 0 Å². The Bertz CT molecular complexity index is 219. The number of carboxylic acids is 1. The molecule has 3 nitrogen and oxygen atoms in total. The summed E-state index contributed by atoms with van der Waals surface area (Å²) in [5.74, 6) is -0.680. The fraction of sp³-hybridized carbons (Fsp3) is 0.933. The third kappa shape index (κ3) is 9.46. The van der Waals surface area contributed by atoms with E-state index in [4.69, 9.17) is 5.11 Å². The fourth-order valence-corrected chi connectivity index (χ4v) is 2.12. The number of nitrogens with one attached hydrogen (secondary N) is 1. The minimum atomic E-state index is -0.680. The van der Waals surface area contributed by atoms with Gasteiger partial charge in [0.25, 0.3) is 0 Å². The zero-order valence-corrected chi connectivity index (χ0v) is 12.4. The smallest absolute Gasteiger partial charge is 0.303 e. The third-order valence-corrected chi connectivity index (χ3v) is 3.73. The second kappa shape index (κ2) is 10.4. The van der Waals surface area contributed by atoms with Crippen LogP contribution in [0.3, 0.4) is 0 Å². The number of carbonyl (C=O) groups is 1. The highest BCUT2D eigenvalue weighted by atomic mass is 16.4. The lowest BCUT2D eigenvalue weighted by atomic mass is 9.91. The maximum Gasteiger partial charge on any atom is 0.303 e. The summed E-state index contributed by atoms with van der Waals surface area (Å²) in [6, 6.07) is 0. The van der Waals surface area contributed by atoms with Crippen molar-refractivity contribution in [2.75, 3.05) is 6.54 Å². The zero-order chi connectivity index (χ0) is 13.9. The summed E-state index contributed by atoms with van der Waals surface area (Å²) >= 11 is 0.